The van der Waals surface area contributed by atoms with Crippen LogP contribution in [0.4, 0.5) is 16.4 Å². The topological polar surface area (TPSA) is 114 Å². The van der Waals surface area contributed by atoms with E-state index in [1.807, 2.05) is 0 Å². The Labute approximate surface area is 103 Å². The van der Waals surface area contributed by atoms with Gasteiger partial charge in [0.1, 0.15) is 11.3 Å². The molecular weight excluding hydrogens is 259 g/mol. The maximum atomic E-state index is 13.0. The number of anilines is 2. The molecule has 19 heavy (non-hydrogen) atoms. The monoisotopic (exact) mass is 264 g/mol. The molecule has 0 saturated carbocycles. The lowest BCUT2D eigenvalue weighted by atomic mass is 10.3. The van der Waals surface area contributed by atoms with Crippen molar-refractivity contribution in [3.63, 3.8) is 0 Å². The predicted molar refractivity (Wildman–Crippen MR) is 58.5 cm³/mol. The van der Waals surface area contributed by atoms with Gasteiger partial charge in [-0.3, -0.25) is 5.32 Å². The SMILES string of the molecule is O=C(O)c1nnc(Nc2nc3cc(F)ccc3o2)o1. The zero-order chi connectivity index (χ0) is 13.4. The number of aromatic carboxylic acids is 1. The van der Waals surface area contributed by atoms with Gasteiger partial charge in [-0.15, -0.1) is 0 Å². The second kappa shape index (κ2) is 4.05. The third-order valence-electron chi connectivity index (χ3n) is 2.17. The van der Waals surface area contributed by atoms with Crippen LogP contribution >= 0.6 is 0 Å². The second-order valence-corrected chi connectivity index (χ2v) is 3.47. The van der Waals surface area contributed by atoms with Gasteiger partial charge in [0.25, 0.3) is 0 Å². The molecule has 0 spiro atoms. The van der Waals surface area contributed by atoms with E-state index >= 15 is 0 Å². The van der Waals surface area contributed by atoms with Crippen LogP contribution < -0.4 is 5.32 Å². The molecule has 0 amide bonds. The Kier molecular flexibility index (Phi) is 2.37. The van der Waals surface area contributed by atoms with Gasteiger partial charge < -0.3 is 13.9 Å². The number of oxazole rings is 1. The number of benzene rings is 1. The van der Waals surface area contributed by atoms with Crippen LogP contribution in [0.25, 0.3) is 11.1 Å². The number of hydrogen-bond donors (Lipinski definition) is 2. The summed E-state index contributed by atoms with van der Waals surface area (Å²) in [7, 11) is 0. The molecule has 2 N–H and O–H groups in total. The maximum absolute atomic E-state index is 13.0. The fraction of sp³-hybridized carbons (Fsp3) is 0. The van der Waals surface area contributed by atoms with E-state index in [4.69, 9.17) is 13.9 Å². The van der Waals surface area contributed by atoms with E-state index in [2.05, 4.69) is 20.5 Å². The zero-order valence-corrected chi connectivity index (χ0v) is 9.12. The molecule has 0 bridgehead atoms. The maximum Gasteiger partial charge on any atom is 0.393 e. The Hall–Kier alpha value is -2.97. The average molecular weight is 264 g/mol. The first-order valence-corrected chi connectivity index (χ1v) is 5.02. The average Bonchev–Trinajstić information content (AvgIpc) is 2.95. The van der Waals surface area contributed by atoms with Crippen molar-refractivity contribution in [2.45, 2.75) is 0 Å². The van der Waals surface area contributed by atoms with E-state index in [9.17, 15) is 9.18 Å². The van der Waals surface area contributed by atoms with E-state index in [0.717, 1.165) is 0 Å². The largest absolute Gasteiger partial charge is 0.474 e. The molecule has 3 rings (SSSR count). The number of nitrogens with zero attached hydrogens (tertiary/aromatic N) is 3. The van der Waals surface area contributed by atoms with Gasteiger partial charge in [0.15, 0.2) is 5.58 Å². The first-order valence-electron chi connectivity index (χ1n) is 5.02. The van der Waals surface area contributed by atoms with Gasteiger partial charge >= 0.3 is 23.9 Å². The number of halogens is 1. The van der Waals surface area contributed by atoms with E-state index in [0.29, 0.717) is 11.1 Å². The number of fused-ring (bicyclic) bond motifs is 1. The van der Waals surface area contributed by atoms with Crippen molar-refractivity contribution in [3.8, 4) is 0 Å². The number of nitrogens with one attached hydrogen (secondary N) is 1. The third-order valence-corrected chi connectivity index (χ3v) is 2.17. The fourth-order valence-electron chi connectivity index (χ4n) is 1.41. The Morgan fingerprint density at radius 1 is 1.26 bits per heavy atom. The summed E-state index contributed by atoms with van der Waals surface area (Å²) in [4.78, 5) is 14.5. The summed E-state index contributed by atoms with van der Waals surface area (Å²) in [6.07, 6.45) is 0. The quantitative estimate of drug-likeness (QED) is 0.735. The van der Waals surface area contributed by atoms with Crippen LogP contribution in [0.3, 0.4) is 0 Å². The minimum Gasteiger partial charge on any atom is -0.474 e. The highest BCUT2D eigenvalue weighted by atomic mass is 19.1. The lowest BCUT2D eigenvalue weighted by molar-refractivity contribution is 0.0654. The Morgan fingerprint density at radius 2 is 2.11 bits per heavy atom. The van der Waals surface area contributed by atoms with Crippen molar-refractivity contribution in [1.82, 2.24) is 15.2 Å². The number of carboxylic acid groups (broad SMARTS) is 1. The Morgan fingerprint density at radius 3 is 2.84 bits per heavy atom. The molecule has 96 valence electrons. The minimum absolute atomic E-state index is 0.0128. The van der Waals surface area contributed by atoms with Gasteiger partial charge in [0.2, 0.25) is 0 Å². The van der Waals surface area contributed by atoms with Crippen LogP contribution in [0, 0.1) is 5.82 Å². The molecule has 0 atom stereocenters. The van der Waals surface area contributed by atoms with E-state index in [1.54, 1.807) is 0 Å². The standard InChI is InChI=1S/C10H5FN4O4/c11-4-1-2-6-5(3-4)12-9(18-6)13-10-15-14-7(19-10)8(16)17/h1-3H,(H,16,17)(H,12,13,15). The van der Waals surface area contributed by atoms with Gasteiger partial charge in [-0.1, -0.05) is 10.2 Å². The number of carbonyl (C=O) groups is 1. The predicted octanol–water partition coefficient (Wildman–Crippen LogP) is 1.79. The molecule has 0 aliphatic heterocycles. The zero-order valence-electron chi connectivity index (χ0n) is 9.12. The molecular formula is C10H5FN4O4. The number of aromatic nitrogens is 3. The van der Waals surface area contributed by atoms with Crippen LogP contribution in [-0.4, -0.2) is 26.3 Å². The minimum atomic E-state index is -1.35. The van der Waals surface area contributed by atoms with Crippen molar-refractivity contribution in [2.24, 2.45) is 0 Å². The summed E-state index contributed by atoms with van der Waals surface area (Å²) in [5.74, 6) is -2.36. The van der Waals surface area contributed by atoms with Gasteiger partial charge in [0, 0.05) is 6.07 Å². The van der Waals surface area contributed by atoms with Crippen molar-refractivity contribution < 1.29 is 23.1 Å². The number of hydrogen-bond acceptors (Lipinski definition) is 7. The molecule has 8 nitrogen and oxygen atoms in total. The Balaban J connectivity index is 1.89. The molecule has 2 heterocycles. The van der Waals surface area contributed by atoms with Crippen LogP contribution in [-0.2, 0) is 0 Å². The lowest BCUT2D eigenvalue weighted by Crippen LogP contribution is -1.95. The third kappa shape index (κ3) is 2.08. The summed E-state index contributed by atoms with van der Waals surface area (Å²) in [6.45, 7) is 0. The molecule has 1 aromatic carbocycles. The van der Waals surface area contributed by atoms with Gasteiger partial charge in [-0.25, -0.2) is 9.18 Å². The van der Waals surface area contributed by atoms with Gasteiger partial charge in [-0.2, -0.15) is 4.98 Å². The smallest absolute Gasteiger partial charge is 0.393 e. The highest BCUT2D eigenvalue weighted by molar-refractivity contribution is 5.82. The summed E-state index contributed by atoms with van der Waals surface area (Å²) in [5, 5.41) is 17.8. The first-order chi connectivity index (χ1) is 9.11. The van der Waals surface area contributed by atoms with Gasteiger partial charge in [0.05, 0.1) is 0 Å². The first kappa shape index (κ1) is 11.1. The van der Waals surface area contributed by atoms with E-state index in [1.165, 1.54) is 18.2 Å². The summed E-state index contributed by atoms with van der Waals surface area (Å²) in [5.41, 5.74) is 0.669. The molecule has 0 radical (unpaired) electrons. The summed E-state index contributed by atoms with van der Waals surface area (Å²) >= 11 is 0. The van der Waals surface area contributed by atoms with Gasteiger partial charge in [-0.05, 0) is 12.1 Å². The van der Waals surface area contributed by atoms with Crippen LogP contribution in [0.2, 0.25) is 0 Å². The molecule has 2 aromatic heterocycles. The van der Waals surface area contributed by atoms with E-state index in [-0.39, 0.29) is 12.0 Å². The van der Waals surface area contributed by atoms with Crippen LogP contribution in [0.15, 0.2) is 27.0 Å². The van der Waals surface area contributed by atoms with Crippen LogP contribution in [0.1, 0.15) is 10.7 Å². The molecule has 0 fully saturated rings. The molecule has 9 heteroatoms. The molecule has 0 aliphatic carbocycles. The highest BCUT2D eigenvalue weighted by Gasteiger charge is 2.15. The Bertz CT molecular complexity index is 766. The second-order valence-electron chi connectivity index (χ2n) is 3.47. The number of carboxylic acids is 1. The molecule has 0 aliphatic rings. The highest BCUT2D eigenvalue weighted by Crippen LogP contribution is 2.22. The number of rotatable bonds is 3. The molecule has 0 unspecified atom stereocenters. The van der Waals surface area contributed by atoms with E-state index < -0.39 is 17.7 Å². The summed E-state index contributed by atoms with van der Waals surface area (Å²) < 4.78 is 23.0. The van der Waals surface area contributed by atoms with Crippen molar-refractivity contribution in [1.29, 1.82) is 0 Å². The van der Waals surface area contributed by atoms with Crippen LogP contribution in [0.5, 0.6) is 0 Å². The van der Waals surface area contributed by atoms with Crippen molar-refractivity contribution in [2.75, 3.05) is 5.32 Å². The molecule has 0 saturated heterocycles. The molecule has 3 aromatic rings. The summed E-state index contributed by atoms with van der Waals surface area (Å²) in [6, 6.07) is 3.64. The van der Waals surface area contributed by atoms with Crippen molar-refractivity contribution >= 4 is 29.1 Å². The fourth-order valence-corrected chi connectivity index (χ4v) is 1.41. The van der Waals surface area contributed by atoms with Crippen molar-refractivity contribution in [3.05, 3.63) is 29.9 Å². The lowest BCUT2D eigenvalue weighted by Gasteiger charge is -1.91. The normalized spacial score (nSPS) is 10.8.